The van der Waals surface area contributed by atoms with Gasteiger partial charge in [0.25, 0.3) is 5.91 Å². The quantitative estimate of drug-likeness (QED) is 0.683. The van der Waals surface area contributed by atoms with E-state index in [1.165, 1.54) is 12.8 Å². The van der Waals surface area contributed by atoms with Crippen LogP contribution in [0.5, 0.6) is 5.75 Å². The molecule has 0 saturated heterocycles. The fourth-order valence-corrected chi connectivity index (χ4v) is 2.26. The Bertz CT molecular complexity index is 416. The van der Waals surface area contributed by atoms with Crippen LogP contribution < -0.4 is 10.5 Å². The summed E-state index contributed by atoms with van der Waals surface area (Å²) in [6.45, 7) is 2.15. The van der Waals surface area contributed by atoms with Crippen molar-refractivity contribution in [1.82, 2.24) is 0 Å². The van der Waals surface area contributed by atoms with Gasteiger partial charge < -0.3 is 15.6 Å². The first kappa shape index (κ1) is 16.5. The van der Waals surface area contributed by atoms with Crippen molar-refractivity contribution < 1.29 is 14.6 Å². The largest absolute Gasteiger partial charge is 0.497 e. The molecule has 1 aromatic rings. The zero-order chi connectivity index (χ0) is 15.0. The number of rotatable bonds is 9. The maximum absolute atomic E-state index is 11.6. The molecule has 3 N–H and O–H groups in total. The number of hydrogen-bond acceptors (Lipinski definition) is 3. The standard InChI is InChI=1S/C16H25NO3/c1-3-4-5-6-7-12-16(19,15(17)18)13-8-10-14(20-2)11-9-13/h8-11,19H,3-7,12H2,1-2H3,(H2,17,18). The molecule has 0 radical (unpaired) electrons. The van der Waals surface area contributed by atoms with Gasteiger partial charge >= 0.3 is 0 Å². The van der Waals surface area contributed by atoms with E-state index < -0.39 is 11.5 Å². The van der Waals surface area contributed by atoms with Gasteiger partial charge in [-0.2, -0.15) is 0 Å². The minimum atomic E-state index is -1.58. The van der Waals surface area contributed by atoms with Gasteiger partial charge in [-0.05, 0) is 30.5 Å². The van der Waals surface area contributed by atoms with Gasteiger partial charge in [-0.15, -0.1) is 0 Å². The fraction of sp³-hybridized carbons (Fsp3) is 0.562. The summed E-state index contributed by atoms with van der Waals surface area (Å²) >= 11 is 0. The van der Waals surface area contributed by atoms with E-state index in [9.17, 15) is 9.90 Å². The average Bonchev–Trinajstić information content (AvgIpc) is 2.46. The lowest BCUT2D eigenvalue weighted by Gasteiger charge is -2.25. The number of primary amides is 1. The van der Waals surface area contributed by atoms with Gasteiger partial charge in [-0.25, -0.2) is 0 Å². The lowest BCUT2D eigenvalue weighted by molar-refractivity contribution is -0.138. The van der Waals surface area contributed by atoms with Gasteiger partial charge in [-0.3, -0.25) is 4.79 Å². The van der Waals surface area contributed by atoms with Crippen molar-refractivity contribution in [3.8, 4) is 5.75 Å². The molecule has 1 unspecified atom stereocenters. The van der Waals surface area contributed by atoms with Crippen LogP contribution >= 0.6 is 0 Å². The Morgan fingerprint density at radius 2 is 1.80 bits per heavy atom. The summed E-state index contributed by atoms with van der Waals surface area (Å²) in [5.41, 5.74) is 4.34. The molecule has 0 spiro atoms. The third kappa shape index (κ3) is 4.23. The van der Waals surface area contributed by atoms with E-state index in [1.54, 1.807) is 31.4 Å². The van der Waals surface area contributed by atoms with Gasteiger partial charge in [0.15, 0.2) is 5.60 Å². The fourth-order valence-electron chi connectivity index (χ4n) is 2.26. The third-order valence-electron chi connectivity index (χ3n) is 3.62. The molecule has 0 aliphatic carbocycles. The highest BCUT2D eigenvalue weighted by Gasteiger charge is 2.35. The smallest absolute Gasteiger partial charge is 0.254 e. The molecule has 0 saturated carbocycles. The summed E-state index contributed by atoms with van der Waals surface area (Å²) in [4.78, 5) is 11.6. The highest BCUT2D eigenvalue weighted by Crippen LogP contribution is 2.29. The van der Waals surface area contributed by atoms with Gasteiger partial charge in [-0.1, -0.05) is 44.7 Å². The molecule has 0 aliphatic rings. The van der Waals surface area contributed by atoms with E-state index in [1.807, 2.05) is 0 Å². The topological polar surface area (TPSA) is 72.5 Å². The van der Waals surface area contributed by atoms with E-state index in [0.29, 0.717) is 17.7 Å². The highest BCUT2D eigenvalue weighted by molar-refractivity contribution is 5.84. The van der Waals surface area contributed by atoms with E-state index in [4.69, 9.17) is 10.5 Å². The second-order valence-corrected chi connectivity index (χ2v) is 5.12. The average molecular weight is 279 g/mol. The first-order chi connectivity index (χ1) is 9.54. The Morgan fingerprint density at radius 1 is 1.20 bits per heavy atom. The molecule has 0 heterocycles. The maximum Gasteiger partial charge on any atom is 0.254 e. The van der Waals surface area contributed by atoms with Crippen LogP contribution in [0.15, 0.2) is 24.3 Å². The van der Waals surface area contributed by atoms with Crippen LogP contribution in [-0.2, 0) is 10.4 Å². The molecule has 1 atom stereocenters. The Morgan fingerprint density at radius 3 is 2.30 bits per heavy atom. The Balaban J connectivity index is 2.72. The molecule has 1 aromatic carbocycles. The number of methoxy groups -OCH3 is 1. The summed E-state index contributed by atoms with van der Waals surface area (Å²) < 4.78 is 5.07. The second kappa shape index (κ2) is 7.90. The molecule has 1 rings (SSSR count). The molecule has 0 aliphatic heterocycles. The number of carbonyl (C=O) groups excluding carboxylic acids is 1. The van der Waals surface area contributed by atoms with Crippen molar-refractivity contribution in [3.63, 3.8) is 0 Å². The van der Waals surface area contributed by atoms with Crippen LogP contribution in [0.3, 0.4) is 0 Å². The van der Waals surface area contributed by atoms with Crippen LogP contribution in [0, 0.1) is 0 Å². The van der Waals surface area contributed by atoms with Crippen molar-refractivity contribution in [3.05, 3.63) is 29.8 Å². The van der Waals surface area contributed by atoms with Crippen molar-refractivity contribution in [2.24, 2.45) is 5.73 Å². The van der Waals surface area contributed by atoms with Crippen molar-refractivity contribution in [2.45, 2.75) is 51.0 Å². The van der Waals surface area contributed by atoms with Crippen LogP contribution in [0.25, 0.3) is 0 Å². The summed E-state index contributed by atoms with van der Waals surface area (Å²) in [6.07, 6.45) is 5.60. The van der Waals surface area contributed by atoms with E-state index in [0.717, 1.165) is 19.3 Å². The number of ether oxygens (including phenoxy) is 1. The van der Waals surface area contributed by atoms with Crippen molar-refractivity contribution >= 4 is 5.91 Å². The molecular weight excluding hydrogens is 254 g/mol. The lowest BCUT2D eigenvalue weighted by Crippen LogP contribution is -2.41. The number of nitrogens with two attached hydrogens (primary N) is 1. The summed E-state index contributed by atoms with van der Waals surface area (Å²) in [6, 6.07) is 6.83. The zero-order valence-electron chi connectivity index (χ0n) is 12.4. The predicted octanol–water partition coefficient (Wildman–Crippen LogP) is 2.73. The first-order valence-electron chi connectivity index (χ1n) is 7.21. The van der Waals surface area contributed by atoms with Crippen LogP contribution in [0.4, 0.5) is 0 Å². The van der Waals surface area contributed by atoms with Crippen molar-refractivity contribution in [2.75, 3.05) is 7.11 Å². The molecule has 0 aromatic heterocycles. The molecule has 0 bridgehead atoms. The molecule has 4 nitrogen and oxygen atoms in total. The minimum absolute atomic E-state index is 0.360. The first-order valence-corrected chi connectivity index (χ1v) is 7.21. The molecule has 0 fully saturated rings. The molecule has 1 amide bonds. The second-order valence-electron chi connectivity index (χ2n) is 5.12. The number of amides is 1. The van der Waals surface area contributed by atoms with E-state index in [2.05, 4.69) is 6.92 Å². The van der Waals surface area contributed by atoms with Gasteiger partial charge in [0.2, 0.25) is 0 Å². The number of carbonyl (C=O) groups is 1. The monoisotopic (exact) mass is 279 g/mol. The van der Waals surface area contributed by atoms with Crippen molar-refractivity contribution in [1.29, 1.82) is 0 Å². The summed E-state index contributed by atoms with van der Waals surface area (Å²) in [5.74, 6) is -0.0123. The zero-order valence-corrected chi connectivity index (χ0v) is 12.4. The lowest BCUT2D eigenvalue weighted by atomic mass is 9.87. The maximum atomic E-state index is 11.6. The molecule has 112 valence electrons. The molecule has 20 heavy (non-hydrogen) atoms. The molecule has 4 heteroatoms. The normalized spacial score (nSPS) is 13.8. The minimum Gasteiger partial charge on any atom is -0.497 e. The van der Waals surface area contributed by atoms with Gasteiger partial charge in [0, 0.05) is 0 Å². The van der Waals surface area contributed by atoms with Gasteiger partial charge in [0.1, 0.15) is 5.75 Å². The van der Waals surface area contributed by atoms with E-state index >= 15 is 0 Å². The van der Waals surface area contributed by atoms with Crippen LogP contribution in [-0.4, -0.2) is 18.1 Å². The number of benzene rings is 1. The number of hydrogen-bond donors (Lipinski definition) is 2. The Kier molecular flexibility index (Phi) is 6.52. The van der Waals surface area contributed by atoms with E-state index in [-0.39, 0.29) is 0 Å². The number of aliphatic hydroxyl groups is 1. The number of unbranched alkanes of at least 4 members (excludes halogenated alkanes) is 4. The van der Waals surface area contributed by atoms with Crippen LogP contribution in [0.1, 0.15) is 51.0 Å². The summed E-state index contributed by atoms with van der Waals surface area (Å²) in [7, 11) is 1.57. The predicted molar refractivity (Wildman–Crippen MR) is 79.5 cm³/mol. The van der Waals surface area contributed by atoms with Gasteiger partial charge in [0.05, 0.1) is 7.11 Å². The Labute approximate surface area is 120 Å². The Hall–Kier alpha value is -1.55. The third-order valence-corrected chi connectivity index (χ3v) is 3.62. The summed E-state index contributed by atoms with van der Waals surface area (Å²) in [5, 5.41) is 10.6. The van der Waals surface area contributed by atoms with Crippen LogP contribution in [0.2, 0.25) is 0 Å². The highest BCUT2D eigenvalue weighted by atomic mass is 16.5. The molecular formula is C16H25NO3. The SMILES string of the molecule is CCCCCCCC(O)(C(N)=O)c1ccc(OC)cc1.